The number of hydrogen-bond donors (Lipinski definition) is 2. The third-order valence-electron chi connectivity index (χ3n) is 3.59. The molecule has 0 aliphatic rings. The van der Waals surface area contributed by atoms with Crippen LogP contribution in [0.15, 0.2) is 30.3 Å². The highest BCUT2D eigenvalue weighted by Crippen LogP contribution is 2.35. The zero-order chi connectivity index (χ0) is 19.2. The summed E-state index contributed by atoms with van der Waals surface area (Å²) in [6.45, 7) is 2.85. The Hall–Kier alpha value is -2.58. The molecule has 0 aliphatic heterocycles. The maximum Gasteiger partial charge on any atom is 0.263 e. The summed E-state index contributed by atoms with van der Waals surface area (Å²) >= 11 is 12.4. The standard InChI is InChI=1S/C17H16Cl2FN5O2/c1-2-26-15-5-11(8-21-17-22-24-25-23-17)14(19)7-16(15)27-9-10-3-4-12(20)6-13(10)18/h3-7H,2,8-9H2,1H3,(H2,21,22,23,24,25). The van der Waals surface area contributed by atoms with E-state index < -0.39 is 5.82 Å². The molecule has 0 spiro atoms. The Kier molecular flexibility index (Phi) is 6.31. The number of H-pyrrole nitrogens is 1. The monoisotopic (exact) mass is 411 g/mol. The zero-order valence-electron chi connectivity index (χ0n) is 14.3. The lowest BCUT2D eigenvalue weighted by Gasteiger charge is -2.15. The number of benzene rings is 2. The summed E-state index contributed by atoms with van der Waals surface area (Å²) in [4.78, 5) is 0. The Morgan fingerprint density at radius 1 is 1.07 bits per heavy atom. The third kappa shape index (κ3) is 4.99. The molecule has 7 nitrogen and oxygen atoms in total. The number of nitrogens with zero attached hydrogens (tertiary/aromatic N) is 3. The van der Waals surface area contributed by atoms with Gasteiger partial charge in [0, 0.05) is 23.2 Å². The van der Waals surface area contributed by atoms with Crippen molar-refractivity contribution in [1.82, 2.24) is 20.6 Å². The Morgan fingerprint density at radius 3 is 2.56 bits per heavy atom. The van der Waals surface area contributed by atoms with Gasteiger partial charge in [-0.3, -0.25) is 0 Å². The Morgan fingerprint density at radius 2 is 1.85 bits per heavy atom. The molecule has 3 rings (SSSR count). The average molecular weight is 412 g/mol. The molecular weight excluding hydrogens is 396 g/mol. The van der Waals surface area contributed by atoms with Crippen LogP contribution in [0.1, 0.15) is 18.1 Å². The van der Waals surface area contributed by atoms with Crippen molar-refractivity contribution in [2.75, 3.05) is 11.9 Å². The van der Waals surface area contributed by atoms with Crippen LogP contribution in [0.5, 0.6) is 11.5 Å². The van der Waals surface area contributed by atoms with Crippen LogP contribution in [-0.2, 0) is 13.2 Å². The lowest BCUT2D eigenvalue weighted by atomic mass is 10.2. The van der Waals surface area contributed by atoms with Gasteiger partial charge in [0.2, 0.25) is 0 Å². The summed E-state index contributed by atoms with van der Waals surface area (Å²) in [7, 11) is 0. The molecular formula is C17H16Cl2FN5O2. The minimum absolute atomic E-state index is 0.149. The van der Waals surface area contributed by atoms with Gasteiger partial charge in [-0.15, -0.1) is 5.10 Å². The van der Waals surface area contributed by atoms with Crippen molar-refractivity contribution in [1.29, 1.82) is 0 Å². The molecule has 2 N–H and O–H groups in total. The van der Waals surface area contributed by atoms with Crippen LogP contribution in [-0.4, -0.2) is 27.2 Å². The topological polar surface area (TPSA) is 85.0 Å². The summed E-state index contributed by atoms with van der Waals surface area (Å²) in [6.07, 6.45) is 0. The maximum absolute atomic E-state index is 13.2. The van der Waals surface area contributed by atoms with Crippen molar-refractivity contribution in [3.8, 4) is 11.5 Å². The van der Waals surface area contributed by atoms with Gasteiger partial charge >= 0.3 is 0 Å². The lowest BCUT2D eigenvalue weighted by Crippen LogP contribution is -2.05. The molecule has 1 heterocycles. The molecule has 0 fully saturated rings. The fraction of sp³-hybridized carbons (Fsp3) is 0.235. The van der Waals surface area contributed by atoms with Gasteiger partial charge in [0.1, 0.15) is 12.4 Å². The van der Waals surface area contributed by atoms with E-state index in [2.05, 4.69) is 25.9 Å². The van der Waals surface area contributed by atoms with E-state index in [-0.39, 0.29) is 6.61 Å². The van der Waals surface area contributed by atoms with Crippen LogP contribution in [0, 0.1) is 5.82 Å². The summed E-state index contributed by atoms with van der Waals surface area (Å²) < 4.78 is 24.6. The van der Waals surface area contributed by atoms with Crippen LogP contribution in [0.4, 0.5) is 10.3 Å². The van der Waals surface area contributed by atoms with E-state index in [1.54, 1.807) is 18.2 Å². The van der Waals surface area contributed by atoms with E-state index in [0.717, 1.165) is 5.56 Å². The third-order valence-corrected chi connectivity index (χ3v) is 4.30. The largest absolute Gasteiger partial charge is 0.490 e. The Bertz CT molecular complexity index is 909. The van der Waals surface area contributed by atoms with E-state index in [4.69, 9.17) is 32.7 Å². The lowest BCUT2D eigenvalue weighted by molar-refractivity contribution is 0.269. The number of hydrogen-bond acceptors (Lipinski definition) is 6. The maximum atomic E-state index is 13.2. The second-order valence-electron chi connectivity index (χ2n) is 5.44. The summed E-state index contributed by atoms with van der Waals surface area (Å²) in [5.41, 5.74) is 1.43. The Balaban J connectivity index is 1.76. The summed E-state index contributed by atoms with van der Waals surface area (Å²) in [6, 6.07) is 7.58. The minimum Gasteiger partial charge on any atom is -0.490 e. The van der Waals surface area contributed by atoms with Crippen molar-refractivity contribution in [2.24, 2.45) is 0 Å². The molecule has 142 valence electrons. The number of aromatic amines is 1. The first-order chi connectivity index (χ1) is 13.1. The van der Waals surface area contributed by atoms with Gasteiger partial charge < -0.3 is 14.8 Å². The SMILES string of the molecule is CCOc1cc(CNc2nn[nH]n2)c(Cl)cc1OCc1ccc(F)cc1Cl. The van der Waals surface area contributed by atoms with Crippen molar-refractivity contribution < 1.29 is 13.9 Å². The van der Waals surface area contributed by atoms with Gasteiger partial charge in [-0.2, -0.15) is 5.21 Å². The van der Waals surface area contributed by atoms with Crippen LogP contribution in [0.2, 0.25) is 10.0 Å². The number of anilines is 1. The quantitative estimate of drug-likeness (QED) is 0.576. The number of tetrazole rings is 1. The molecule has 1 aromatic heterocycles. The zero-order valence-corrected chi connectivity index (χ0v) is 15.8. The van der Waals surface area contributed by atoms with Gasteiger partial charge in [-0.25, -0.2) is 4.39 Å². The number of halogens is 3. The van der Waals surface area contributed by atoms with Crippen molar-refractivity contribution in [3.63, 3.8) is 0 Å². The highest BCUT2D eigenvalue weighted by molar-refractivity contribution is 6.31. The van der Waals surface area contributed by atoms with Gasteiger partial charge in [0.25, 0.3) is 5.95 Å². The first kappa shape index (κ1) is 19.2. The van der Waals surface area contributed by atoms with Crippen LogP contribution < -0.4 is 14.8 Å². The van der Waals surface area contributed by atoms with E-state index >= 15 is 0 Å². The van der Waals surface area contributed by atoms with E-state index in [1.807, 2.05) is 6.92 Å². The molecule has 0 saturated heterocycles. The summed E-state index contributed by atoms with van der Waals surface area (Å²) in [5.74, 6) is 0.950. The fourth-order valence-corrected chi connectivity index (χ4v) is 2.74. The molecule has 0 amide bonds. The van der Waals surface area contributed by atoms with Crippen molar-refractivity contribution in [2.45, 2.75) is 20.1 Å². The Labute approximate surface area is 164 Å². The molecule has 2 aromatic carbocycles. The number of rotatable bonds is 8. The van der Waals surface area contributed by atoms with Gasteiger partial charge in [0.05, 0.1) is 11.6 Å². The summed E-state index contributed by atoms with van der Waals surface area (Å²) in [5, 5.41) is 17.2. The molecule has 0 radical (unpaired) electrons. The van der Waals surface area contributed by atoms with E-state index in [1.165, 1.54) is 12.1 Å². The predicted molar refractivity (Wildman–Crippen MR) is 99.9 cm³/mol. The molecule has 0 bridgehead atoms. The highest BCUT2D eigenvalue weighted by Gasteiger charge is 2.13. The van der Waals surface area contributed by atoms with E-state index in [0.29, 0.717) is 46.2 Å². The fourth-order valence-electron chi connectivity index (χ4n) is 2.30. The van der Waals surface area contributed by atoms with Crippen molar-refractivity contribution in [3.05, 3.63) is 57.3 Å². The molecule has 0 atom stereocenters. The van der Waals surface area contributed by atoms with Gasteiger partial charge in [-0.1, -0.05) is 34.4 Å². The molecule has 10 heteroatoms. The normalized spacial score (nSPS) is 10.7. The molecule has 27 heavy (non-hydrogen) atoms. The first-order valence-electron chi connectivity index (χ1n) is 8.06. The second kappa shape index (κ2) is 8.88. The molecule has 0 unspecified atom stereocenters. The number of nitrogens with one attached hydrogen (secondary N) is 2. The highest BCUT2D eigenvalue weighted by atomic mass is 35.5. The van der Waals surface area contributed by atoms with Gasteiger partial charge in [-0.05, 0) is 35.9 Å². The second-order valence-corrected chi connectivity index (χ2v) is 6.25. The minimum atomic E-state index is -0.403. The van der Waals surface area contributed by atoms with Crippen LogP contribution >= 0.6 is 23.2 Å². The van der Waals surface area contributed by atoms with Crippen LogP contribution in [0.3, 0.4) is 0 Å². The van der Waals surface area contributed by atoms with E-state index in [9.17, 15) is 4.39 Å². The first-order valence-corrected chi connectivity index (χ1v) is 8.81. The molecule has 3 aromatic rings. The number of ether oxygens (including phenoxy) is 2. The van der Waals surface area contributed by atoms with Gasteiger partial charge in [0.15, 0.2) is 11.5 Å². The number of aromatic nitrogens is 4. The smallest absolute Gasteiger partial charge is 0.263 e. The molecule has 0 aliphatic carbocycles. The average Bonchev–Trinajstić information content (AvgIpc) is 3.15. The van der Waals surface area contributed by atoms with Crippen LogP contribution in [0.25, 0.3) is 0 Å². The molecule has 0 saturated carbocycles. The predicted octanol–water partition coefficient (Wildman–Crippen LogP) is 4.24. The van der Waals surface area contributed by atoms with Crippen molar-refractivity contribution >= 4 is 29.2 Å².